The van der Waals surface area contributed by atoms with Gasteiger partial charge in [-0.05, 0) is 37.0 Å². The molecule has 1 aliphatic heterocycles. The Morgan fingerprint density at radius 3 is 2.52 bits per heavy atom. The molecule has 7 heteroatoms. The van der Waals surface area contributed by atoms with Crippen LogP contribution in [0.1, 0.15) is 31.7 Å². The van der Waals surface area contributed by atoms with Gasteiger partial charge in [-0.2, -0.15) is 0 Å². The molecule has 0 unspecified atom stereocenters. The number of thiocarbonyl (C=S) groups is 1. The van der Waals surface area contributed by atoms with E-state index in [0.717, 1.165) is 12.8 Å². The Hall–Kier alpha value is -1.18. The van der Waals surface area contributed by atoms with Crippen molar-refractivity contribution in [2.45, 2.75) is 38.8 Å². The van der Waals surface area contributed by atoms with Gasteiger partial charge in [-0.15, -0.1) is 0 Å². The molecule has 1 aromatic carbocycles. The Kier molecular flexibility index (Phi) is 6.80. The fourth-order valence-corrected chi connectivity index (χ4v) is 4.46. The molecule has 0 bridgehead atoms. The molecule has 1 aliphatic rings. The number of nitrogens with zero attached hydrogens (tertiary/aromatic N) is 1. The second-order valence-corrected chi connectivity index (χ2v) is 8.30. The highest BCUT2D eigenvalue weighted by Crippen LogP contribution is 2.15. The number of benzene rings is 1. The van der Waals surface area contributed by atoms with Gasteiger partial charge in [-0.25, -0.2) is 12.7 Å². The van der Waals surface area contributed by atoms with Crippen molar-refractivity contribution >= 4 is 27.4 Å². The molecule has 0 spiro atoms. The lowest BCUT2D eigenvalue weighted by Gasteiger charge is -2.32. The molecule has 2 N–H and O–H groups in total. The maximum atomic E-state index is 12.0. The van der Waals surface area contributed by atoms with E-state index in [1.807, 2.05) is 37.3 Å². The first-order valence-electron chi connectivity index (χ1n) is 8.07. The van der Waals surface area contributed by atoms with E-state index in [1.165, 1.54) is 5.56 Å². The van der Waals surface area contributed by atoms with Crippen molar-refractivity contribution in [2.24, 2.45) is 0 Å². The molecule has 0 atom stereocenters. The van der Waals surface area contributed by atoms with Gasteiger partial charge in [-0.1, -0.05) is 37.3 Å². The lowest BCUT2D eigenvalue weighted by molar-refractivity contribution is 0.307. The van der Waals surface area contributed by atoms with E-state index in [0.29, 0.717) is 31.2 Å². The zero-order chi connectivity index (χ0) is 16.7. The molecule has 23 heavy (non-hydrogen) atoms. The van der Waals surface area contributed by atoms with Gasteiger partial charge in [0.25, 0.3) is 0 Å². The maximum Gasteiger partial charge on any atom is 0.214 e. The van der Waals surface area contributed by atoms with Crippen LogP contribution in [0.25, 0.3) is 0 Å². The Balaban J connectivity index is 1.72. The fraction of sp³-hybridized carbons (Fsp3) is 0.562. The summed E-state index contributed by atoms with van der Waals surface area (Å²) in [6.07, 6.45) is 2.24. The zero-order valence-electron chi connectivity index (χ0n) is 13.5. The van der Waals surface area contributed by atoms with Gasteiger partial charge < -0.3 is 10.6 Å². The second kappa shape index (κ2) is 8.61. The van der Waals surface area contributed by atoms with Crippen LogP contribution in [0.2, 0.25) is 0 Å². The number of piperidine rings is 1. The Bertz CT molecular complexity index is 597. The average molecular weight is 356 g/mol. The van der Waals surface area contributed by atoms with E-state index in [4.69, 9.17) is 12.2 Å². The summed E-state index contributed by atoms with van der Waals surface area (Å²) in [5, 5.41) is 7.12. The van der Waals surface area contributed by atoms with Crippen LogP contribution in [0.5, 0.6) is 0 Å². The standard InChI is InChI=1S/C16H25N3O2S2/c1-2-12-23(20,21)19-10-8-15(9-11-19)18-16(22)17-13-14-6-4-3-5-7-14/h3-7,15H,2,8-13H2,1H3,(H2,17,18,22). The molecule has 1 fully saturated rings. The van der Waals surface area contributed by atoms with Crippen LogP contribution in [0.4, 0.5) is 0 Å². The largest absolute Gasteiger partial charge is 0.360 e. The first-order valence-corrected chi connectivity index (χ1v) is 10.1. The molecule has 5 nitrogen and oxygen atoms in total. The molecule has 1 aromatic rings. The molecular weight excluding hydrogens is 330 g/mol. The summed E-state index contributed by atoms with van der Waals surface area (Å²) in [6.45, 7) is 3.72. The van der Waals surface area contributed by atoms with E-state index in [1.54, 1.807) is 4.31 Å². The summed E-state index contributed by atoms with van der Waals surface area (Å²) < 4.78 is 25.7. The van der Waals surface area contributed by atoms with Gasteiger partial charge in [-0.3, -0.25) is 0 Å². The minimum absolute atomic E-state index is 0.235. The van der Waals surface area contributed by atoms with Crippen molar-refractivity contribution in [1.29, 1.82) is 0 Å². The average Bonchev–Trinajstić information content (AvgIpc) is 2.54. The van der Waals surface area contributed by atoms with E-state index >= 15 is 0 Å². The zero-order valence-corrected chi connectivity index (χ0v) is 15.1. The maximum absolute atomic E-state index is 12.0. The number of hydrogen-bond donors (Lipinski definition) is 2. The van der Waals surface area contributed by atoms with Gasteiger partial charge in [0.05, 0.1) is 5.75 Å². The SMILES string of the molecule is CCCS(=O)(=O)N1CCC(NC(=S)NCc2ccccc2)CC1. The third-order valence-electron chi connectivity index (χ3n) is 3.94. The van der Waals surface area contributed by atoms with E-state index in [9.17, 15) is 8.42 Å². The topological polar surface area (TPSA) is 61.4 Å². The first kappa shape index (κ1) is 18.2. The first-order chi connectivity index (χ1) is 11.0. The van der Waals surface area contributed by atoms with Gasteiger partial charge in [0.2, 0.25) is 10.0 Å². The highest BCUT2D eigenvalue weighted by molar-refractivity contribution is 7.89. The lowest BCUT2D eigenvalue weighted by Crippen LogP contribution is -2.49. The predicted octanol–water partition coefficient (Wildman–Crippen LogP) is 1.85. The Labute approximate surface area is 144 Å². The van der Waals surface area contributed by atoms with Crippen molar-refractivity contribution in [3.8, 4) is 0 Å². The van der Waals surface area contributed by atoms with Crippen LogP contribution >= 0.6 is 12.2 Å². The second-order valence-electron chi connectivity index (χ2n) is 5.80. The molecule has 0 amide bonds. The lowest BCUT2D eigenvalue weighted by atomic mass is 10.1. The number of nitrogens with one attached hydrogen (secondary N) is 2. The summed E-state index contributed by atoms with van der Waals surface area (Å²) in [6, 6.07) is 10.3. The van der Waals surface area contributed by atoms with Crippen LogP contribution in [0, 0.1) is 0 Å². The van der Waals surface area contributed by atoms with Crippen LogP contribution in [0.15, 0.2) is 30.3 Å². The van der Waals surface area contributed by atoms with E-state index in [2.05, 4.69) is 10.6 Å². The molecule has 2 rings (SSSR count). The summed E-state index contributed by atoms with van der Waals surface area (Å²) in [7, 11) is -3.07. The van der Waals surface area contributed by atoms with Gasteiger partial charge in [0, 0.05) is 25.7 Å². The minimum Gasteiger partial charge on any atom is -0.360 e. The molecular formula is C16H25N3O2S2. The third kappa shape index (κ3) is 5.75. The third-order valence-corrected chi connectivity index (χ3v) is 6.28. The molecule has 128 valence electrons. The van der Waals surface area contributed by atoms with Crippen molar-refractivity contribution in [1.82, 2.24) is 14.9 Å². The quantitative estimate of drug-likeness (QED) is 0.763. The van der Waals surface area contributed by atoms with Crippen molar-refractivity contribution in [3.63, 3.8) is 0 Å². The van der Waals surface area contributed by atoms with Crippen molar-refractivity contribution in [2.75, 3.05) is 18.8 Å². The predicted molar refractivity (Wildman–Crippen MR) is 97.7 cm³/mol. The Morgan fingerprint density at radius 1 is 1.26 bits per heavy atom. The van der Waals surface area contributed by atoms with Crippen LogP contribution in [0.3, 0.4) is 0 Å². The molecule has 0 aliphatic carbocycles. The van der Waals surface area contributed by atoms with Crippen LogP contribution < -0.4 is 10.6 Å². The summed E-state index contributed by atoms with van der Waals surface area (Å²) in [4.78, 5) is 0. The Morgan fingerprint density at radius 2 is 1.91 bits per heavy atom. The monoisotopic (exact) mass is 355 g/mol. The van der Waals surface area contributed by atoms with Crippen molar-refractivity contribution < 1.29 is 8.42 Å². The summed E-state index contributed by atoms with van der Waals surface area (Å²) >= 11 is 5.32. The summed E-state index contributed by atoms with van der Waals surface area (Å²) in [5.74, 6) is 0.238. The minimum atomic E-state index is -3.07. The normalized spacial score (nSPS) is 16.9. The number of hydrogen-bond acceptors (Lipinski definition) is 3. The van der Waals surface area contributed by atoms with Gasteiger partial charge in [0.1, 0.15) is 0 Å². The van der Waals surface area contributed by atoms with E-state index in [-0.39, 0.29) is 11.8 Å². The molecule has 0 radical (unpaired) electrons. The summed E-state index contributed by atoms with van der Waals surface area (Å²) in [5.41, 5.74) is 1.18. The fourth-order valence-electron chi connectivity index (χ4n) is 2.68. The molecule has 0 saturated carbocycles. The van der Waals surface area contributed by atoms with E-state index < -0.39 is 10.0 Å². The molecule has 0 aromatic heterocycles. The number of rotatable bonds is 6. The van der Waals surface area contributed by atoms with Gasteiger partial charge in [0.15, 0.2) is 5.11 Å². The van der Waals surface area contributed by atoms with Crippen molar-refractivity contribution in [3.05, 3.63) is 35.9 Å². The highest BCUT2D eigenvalue weighted by Gasteiger charge is 2.27. The molecule has 1 saturated heterocycles. The molecule has 1 heterocycles. The smallest absolute Gasteiger partial charge is 0.214 e. The highest BCUT2D eigenvalue weighted by atomic mass is 32.2. The van der Waals surface area contributed by atoms with Crippen LogP contribution in [-0.2, 0) is 16.6 Å². The van der Waals surface area contributed by atoms with Crippen LogP contribution in [-0.4, -0.2) is 42.7 Å². The number of sulfonamides is 1. The van der Waals surface area contributed by atoms with Gasteiger partial charge >= 0.3 is 0 Å².